The second kappa shape index (κ2) is 6.68. The van der Waals surface area contributed by atoms with E-state index in [1.807, 2.05) is 0 Å². The maximum atomic E-state index is 11.7. The summed E-state index contributed by atoms with van der Waals surface area (Å²) in [7, 11) is 0. The van der Waals surface area contributed by atoms with Gasteiger partial charge in [0.1, 0.15) is 0 Å². The van der Waals surface area contributed by atoms with Gasteiger partial charge < -0.3 is 15.7 Å². The lowest BCUT2D eigenvalue weighted by Gasteiger charge is -2.17. The summed E-state index contributed by atoms with van der Waals surface area (Å²) in [5.74, 6) is -0.654. The first-order chi connectivity index (χ1) is 8.78. The maximum Gasteiger partial charge on any atom is 0.251 e. The van der Waals surface area contributed by atoms with Crippen molar-refractivity contribution in [1.29, 1.82) is 0 Å². The van der Waals surface area contributed by atoms with E-state index in [4.69, 9.17) is 0 Å². The molecule has 0 aliphatic carbocycles. The van der Waals surface area contributed by atoms with Crippen LogP contribution in [0.1, 0.15) is 24.2 Å². The molecule has 0 saturated carbocycles. The molecule has 0 spiro atoms. The van der Waals surface area contributed by atoms with Gasteiger partial charge in [0.15, 0.2) is 0 Å². The molecule has 1 aromatic carbocycles. The van der Waals surface area contributed by atoms with Gasteiger partial charge in [-0.3, -0.25) is 9.59 Å². The molecule has 0 aliphatic rings. The summed E-state index contributed by atoms with van der Waals surface area (Å²) in [6.45, 7) is 3.20. The maximum absolute atomic E-state index is 11.7. The van der Waals surface area contributed by atoms with Gasteiger partial charge in [0.25, 0.3) is 5.91 Å². The Morgan fingerprint density at radius 2 is 1.79 bits per heavy atom. The van der Waals surface area contributed by atoms with Crippen LogP contribution in [-0.4, -0.2) is 35.6 Å². The number of amides is 2. The first-order valence-electron chi connectivity index (χ1n) is 5.81. The molecule has 19 heavy (non-hydrogen) atoms. The molecule has 104 valence electrons. The minimum atomic E-state index is -0.967. The lowest BCUT2D eigenvalue weighted by atomic mass is 10.1. The van der Waals surface area contributed by atoms with Gasteiger partial charge in [0, 0.05) is 16.6 Å². The van der Waals surface area contributed by atoms with Crippen LogP contribution in [0.5, 0.6) is 0 Å². The molecule has 0 bridgehead atoms. The van der Waals surface area contributed by atoms with Crippen molar-refractivity contribution >= 4 is 27.7 Å². The van der Waals surface area contributed by atoms with Gasteiger partial charge in [0.2, 0.25) is 5.91 Å². The molecular formula is C13H17BrN2O3. The Morgan fingerprint density at radius 3 is 2.32 bits per heavy atom. The molecule has 6 heteroatoms. The number of rotatable bonds is 5. The number of carbonyl (C=O) groups is 2. The monoisotopic (exact) mass is 328 g/mol. The van der Waals surface area contributed by atoms with Crippen LogP contribution in [0.3, 0.4) is 0 Å². The van der Waals surface area contributed by atoms with E-state index in [0.29, 0.717) is 5.56 Å². The molecule has 3 N–H and O–H groups in total. The normalized spacial score (nSPS) is 10.9. The van der Waals surface area contributed by atoms with Gasteiger partial charge in [-0.15, -0.1) is 0 Å². The third-order valence-electron chi connectivity index (χ3n) is 2.23. The van der Waals surface area contributed by atoms with Crippen LogP contribution in [0.2, 0.25) is 0 Å². The lowest BCUT2D eigenvalue weighted by molar-refractivity contribution is -0.121. The number of nitrogens with one attached hydrogen (secondary N) is 2. The minimum Gasteiger partial charge on any atom is -0.389 e. The fourth-order valence-corrected chi connectivity index (χ4v) is 1.51. The van der Waals surface area contributed by atoms with Crippen molar-refractivity contribution < 1.29 is 14.7 Å². The molecule has 1 rings (SSSR count). The topological polar surface area (TPSA) is 78.4 Å². The van der Waals surface area contributed by atoms with Crippen LogP contribution in [0.4, 0.5) is 0 Å². The first kappa shape index (κ1) is 15.7. The SMILES string of the molecule is CC(C)(O)CNC(=O)CNC(=O)c1ccc(Br)cc1. The zero-order chi connectivity index (χ0) is 14.5. The smallest absolute Gasteiger partial charge is 0.251 e. The summed E-state index contributed by atoms with van der Waals surface area (Å²) in [6.07, 6.45) is 0. The number of hydrogen-bond donors (Lipinski definition) is 3. The molecule has 0 aliphatic heterocycles. The van der Waals surface area contributed by atoms with Crippen LogP contribution in [0, 0.1) is 0 Å². The zero-order valence-electron chi connectivity index (χ0n) is 10.9. The summed E-state index contributed by atoms with van der Waals surface area (Å²) >= 11 is 3.28. The van der Waals surface area contributed by atoms with Crippen molar-refractivity contribution in [3.8, 4) is 0 Å². The average molecular weight is 329 g/mol. The van der Waals surface area contributed by atoms with Gasteiger partial charge in [-0.05, 0) is 38.1 Å². The first-order valence-corrected chi connectivity index (χ1v) is 6.60. The molecular weight excluding hydrogens is 312 g/mol. The summed E-state index contributed by atoms with van der Waals surface area (Å²) in [5.41, 5.74) is -0.482. The Kier molecular flexibility index (Phi) is 5.50. The molecule has 2 amide bonds. The molecule has 1 aromatic rings. The third kappa shape index (κ3) is 6.35. The third-order valence-corrected chi connectivity index (χ3v) is 2.76. The van der Waals surface area contributed by atoms with E-state index in [2.05, 4.69) is 26.6 Å². The van der Waals surface area contributed by atoms with Gasteiger partial charge in [-0.2, -0.15) is 0 Å². The number of aliphatic hydroxyl groups is 1. The Morgan fingerprint density at radius 1 is 1.21 bits per heavy atom. The van der Waals surface area contributed by atoms with E-state index < -0.39 is 5.60 Å². The molecule has 0 heterocycles. The predicted molar refractivity (Wildman–Crippen MR) is 75.8 cm³/mol. The van der Waals surface area contributed by atoms with Crippen molar-refractivity contribution in [2.45, 2.75) is 19.4 Å². The van der Waals surface area contributed by atoms with E-state index in [1.54, 1.807) is 38.1 Å². The van der Waals surface area contributed by atoms with E-state index in [1.165, 1.54) is 0 Å². The lowest BCUT2D eigenvalue weighted by Crippen LogP contribution is -2.43. The Labute approximate surface area is 120 Å². The molecule has 5 nitrogen and oxygen atoms in total. The average Bonchev–Trinajstić information content (AvgIpc) is 2.33. The van der Waals surface area contributed by atoms with Gasteiger partial charge in [-0.1, -0.05) is 15.9 Å². The molecule has 0 saturated heterocycles. The number of hydrogen-bond acceptors (Lipinski definition) is 3. The predicted octanol–water partition coefficient (Wildman–Crippen LogP) is 1.07. The summed E-state index contributed by atoms with van der Waals surface area (Å²) in [6, 6.07) is 6.83. The summed E-state index contributed by atoms with van der Waals surface area (Å²) in [4.78, 5) is 23.1. The highest BCUT2D eigenvalue weighted by atomic mass is 79.9. The summed E-state index contributed by atoms with van der Waals surface area (Å²) in [5, 5.41) is 14.5. The van der Waals surface area contributed by atoms with Crippen LogP contribution in [0.15, 0.2) is 28.7 Å². The number of carbonyl (C=O) groups excluding carboxylic acids is 2. The molecule has 0 atom stereocenters. The van der Waals surface area contributed by atoms with Crippen LogP contribution in [-0.2, 0) is 4.79 Å². The van der Waals surface area contributed by atoms with Crippen LogP contribution < -0.4 is 10.6 Å². The minimum absolute atomic E-state index is 0.120. The fourth-order valence-electron chi connectivity index (χ4n) is 1.24. The number of benzene rings is 1. The van der Waals surface area contributed by atoms with Crippen molar-refractivity contribution in [2.75, 3.05) is 13.1 Å². The second-order valence-corrected chi connectivity index (χ2v) is 5.69. The fraction of sp³-hybridized carbons (Fsp3) is 0.385. The van der Waals surface area contributed by atoms with Crippen molar-refractivity contribution in [1.82, 2.24) is 10.6 Å². The number of halogens is 1. The molecule has 0 radical (unpaired) electrons. The standard InChI is InChI=1S/C13H17BrN2O3/c1-13(2,19)8-16-11(17)7-15-12(18)9-3-5-10(14)6-4-9/h3-6,19H,7-8H2,1-2H3,(H,15,18)(H,16,17). The Balaban J connectivity index is 2.38. The highest BCUT2D eigenvalue weighted by Crippen LogP contribution is 2.10. The molecule has 0 fully saturated rings. The highest BCUT2D eigenvalue weighted by Gasteiger charge is 2.14. The van der Waals surface area contributed by atoms with Gasteiger partial charge in [0.05, 0.1) is 12.1 Å². The molecule has 0 unspecified atom stereocenters. The van der Waals surface area contributed by atoms with E-state index >= 15 is 0 Å². The Bertz CT molecular complexity index is 452. The Hall–Kier alpha value is -1.40. The van der Waals surface area contributed by atoms with Crippen LogP contribution >= 0.6 is 15.9 Å². The summed E-state index contributed by atoms with van der Waals surface area (Å²) < 4.78 is 0.881. The quantitative estimate of drug-likeness (QED) is 0.756. The van der Waals surface area contributed by atoms with Crippen molar-refractivity contribution in [3.05, 3.63) is 34.3 Å². The van der Waals surface area contributed by atoms with Crippen LogP contribution in [0.25, 0.3) is 0 Å². The van der Waals surface area contributed by atoms with Gasteiger partial charge in [-0.25, -0.2) is 0 Å². The zero-order valence-corrected chi connectivity index (χ0v) is 12.5. The highest BCUT2D eigenvalue weighted by molar-refractivity contribution is 9.10. The largest absolute Gasteiger partial charge is 0.389 e. The van der Waals surface area contributed by atoms with E-state index in [-0.39, 0.29) is 24.9 Å². The molecule has 0 aromatic heterocycles. The van der Waals surface area contributed by atoms with E-state index in [0.717, 1.165) is 4.47 Å². The van der Waals surface area contributed by atoms with E-state index in [9.17, 15) is 14.7 Å². The van der Waals surface area contributed by atoms with Crippen molar-refractivity contribution in [2.24, 2.45) is 0 Å². The van der Waals surface area contributed by atoms with Crippen molar-refractivity contribution in [3.63, 3.8) is 0 Å². The van der Waals surface area contributed by atoms with Gasteiger partial charge >= 0.3 is 0 Å². The second-order valence-electron chi connectivity index (χ2n) is 4.78.